The van der Waals surface area contributed by atoms with Gasteiger partial charge in [-0.1, -0.05) is 0 Å². The van der Waals surface area contributed by atoms with E-state index >= 15 is 0 Å². The maximum absolute atomic E-state index is 7.23. The van der Waals surface area contributed by atoms with Crippen LogP contribution in [-0.4, -0.2) is 14.7 Å². The lowest BCUT2D eigenvalue weighted by molar-refractivity contribution is 0.368. The van der Waals surface area contributed by atoms with Gasteiger partial charge in [-0.25, -0.2) is 0 Å². The molecule has 0 saturated heterocycles. The quantitative estimate of drug-likeness (QED) is 0.405. The molecule has 42 valence electrons. The largest absolute Gasteiger partial charge is 0.328 e. The summed E-state index contributed by atoms with van der Waals surface area (Å²) in [5.41, 5.74) is 0. The molecule has 0 rings (SSSR count). The lowest BCUT2D eigenvalue weighted by atomic mass is 15.8. The third-order valence-electron chi connectivity index (χ3n) is 0. The van der Waals surface area contributed by atoms with Crippen molar-refractivity contribution in [2.45, 2.75) is 0 Å². The van der Waals surface area contributed by atoms with Crippen molar-refractivity contribution in [2.24, 2.45) is 0 Å². The number of hydrogen-bond donors (Lipinski definition) is 3. The van der Waals surface area contributed by atoms with Gasteiger partial charge in [-0.3, -0.25) is 0 Å². The van der Waals surface area contributed by atoms with E-state index in [0.29, 0.717) is 0 Å². The second-order valence-electron chi connectivity index (χ2n) is 0.268. The fourth-order valence-corrected chi connectivity index (χ4v) is 0. The number of hydrogen-bond acceptors (Lipinski definition) is 3. The van der Waals surface area contributed by atoms with Crippen molar-refractivity contribution < 1.29 is 14.7 Å². The molecule has 0 aromatic rings. The van der Waals surface area contributed by atoms with Crippen LogP contribution in [0, 0.1) is 0 Å². The van der Waals surface area contributed by atoms with Crippen LogP contribution in [0.3, 0.4) is 0 Å². The van der Waals surface area contributed by atoms with Crippen LogP contribution in [0.25, 0.3) is 0 Å². The molecule has 0 atom stereocenters. The molecule has 6 heteroatoms. The lowest BCUT2D eigenvalue weighted by Crippen LogP contribution is -1.54. The second-order valence-corrected chi connectivity index (χ2v) is 0.805. The molecule has 0 heterocycles. The summed E-state index contributed by atoms with van der Waals surface area (Å²) < 4.78 is 0. The van der Waals surface area contributed by atoms with Crippen LogP contribution in [0.5, 0.6) is 0 Å². The SMILES string of the molecule is OP(O)O.S.S. The molecule has 0 aliphatic carbocycles. The molecule has 0 aliphatic rings. The smallest absolute Gasteiger partial charge is 0.324 e. The maximum atomic E-state index is 7.23. The summed E-state index contributed by atoms with van der Waals surface area (Å²) in [6.07, 6.45) is 0. The molecule has 0 amide bonds. The first kappa shape index (κ1) is 15.7. The fourth-order valence-electron chi connectivity index (χ4n) is 0. The van der Waals surface area contributed by atoms with Crippen LogP contribution in [0.4, 0.5) is 0 Å². The van der Waals surface area contributed by atoms with Gasteiger partial charge in [0.05, 0.1) is 0 Å². The Morgan fingerprint density at radius 2 is 0.833 bits per heavy atom. The minimum Gasteiger partial charge on any atom is -0.328 e. The van der Waals surface area contributed by atoms with Gasteiger partial charge in [0.1, 0.15) is 0 Å². The molecule has 0 spiro atoms. The molecule has 3 N–H and O–H groups in total. The van der Waals surface area contributed by atoms with Crippen LogP contribution in [0.2, 0.25) is 0 Å². The monoisotopic (exact) mass is 150 g/mol. The van der Waals surface area contributed by atoms with Gasteiger partial charge in [0.2, 0.25) is 0 Å². The summed E-state index contributed by atoms with van der Waals surface area (Å²) in [5.74, 6) is 0. The Bertz CT molecular complexity index is 13.5. The van der Waals surface area contributed by atoms with Gasteiger partial charge in [-0.05, 0) is 0 Å². The van der Waals surface area contributed by atoms with Gasteiger partial charge in [-0.2, -0.15) is 27.0 Å². The Labute approximate surface area is 50.9 Å². The fraction of sp³-hybridized carbons (Fsp3) is 0. The highest BCUT2D eigenvalue weighted by atomic mass is 32.1. The second kappa shape index (κ2) is 9.38. The molecule has 0 fully saturated rings. The van der Waals surface area contributed by atoms with Crippen molar-refractivity contribution in [2.75, 3.05) is 0 Å². The minimum absolute atomic E-state index is 0. The first-order valence-corrected chi connectivity index (χ1v) is 1.80. The van der Waals surface area contributed by atoms with Crippen molar-refractivity contribution in [1.82, 2.24) is 0 Å². The summed E-state index contributed by atoms with van der Waals surface area (Å²) in [5, 5.41) is 0. The van der Waals surface area contributed by atoms with Crippen LogP contribution >= 0.6 is 35.6 Å². The molecule has 0 bridgehead atoms. The molecule has 3 nitrogen and oxygen atoms in total. The molecule has 0 aliphatic heterocycles. The molecule has 0 unspecified atom stereocenters. The number of rotatable bonds is 0. The first-order chi connectivity index (χ1) is 1.73. The van der Waals surface area contributed by atoms with E-state index in [1.807, 2.05) is 0 Å². The van der Waals surface area contributed by atoms with Crippen LogP contribution in [0.1, 0.15) is 0 Å². The highest BCUT2D eigenvalue weighted by molar-refractivity contribution is 7.59. The normalized spacial score (nSPS) is 6.00. The van der Waals surface area contributed by atoms with Crippen LogP contribution < -0.4 is 0 Å². The molecule has 6 heavy (non-hydrogen) atoms. The summed E-state index contributed by atoms with van der Waals surface area (Å²) in [7, 11) is -2.62. The average Bonchev–Trinajstić information content (AvgIpc) is 0.811. The Kier molecular flexibility index (Phi) is 24.6. The Morgan fingerprint density at radius 3 is 0.833 bits per heavy atom. The molecular formula is H7O3PS2. The van der Waals surface area contributed by atoms with Gasteiger partial charge in [0, 0.05) is 0 Å². The molecule has 0 saturated carbocycles. The zero-order valence-corrected chi connectivity index (χ0v) is 5.68. The minimum atomic E-state index is -2.62. The van der Waals surface area contributed by atoms with Gasteiger partial charge >= 0.3 is 8.60 Å². The van der Waals surface area contributed by atoms with Crippen molar-refractivity contribution in [3.8, 4) is 0 Å². The van der Waals surface area contributed by atoms with E-state index < -0.39 is 8.60 Å². The standard InChI is InChI=1S/H3O3P.2H2S/c1-4(2)3;;/h1-3H;2*1H2. The molecular weight excluding hydrogens is 143 g/mol. The van der Waals surface area contributed by atoms with Gasteiger partial charge in [-0.15, -0.1) is 0 Å². The lowest BCUT2D eigenvalue weighted by Gasteiger charge is -1.76. The summed E-state index contributed by atoms with van der Waals surface area (Å²) in [6.45, 7) is 0. The van der Waals surface area contributed by atoms with E-state index in [4.69, 9.17) is 14.7 Å². The average molecular weight is 150 g/mol. The van der Waals surface area contributed by atoms with Crippen molar-refractivity contribution in [3.05, 3.63) is 0 Å². The van der Waals surface area contributed by atoms with E-state index in [1.54, 1.807) is 0 Å². The Balaban J connectivity index is -0.0000000450. The zero-order valence-electron chi connectivity index (χ0n) is 2.79. The van der Waals surface area contributed by atoms with E-state index in [-0.39, 0.29) is 27.0 Å². The van der Waals surface area contributed by atoms with E-state index in [2.05, 4.69) is 0 Å². The molecule has 0 aromatic carbocycles. The maximum Gasteiger partial charge on any atom is 0.324 e. The van der Waals surface area contributed by atoms with Crippen molar-refractivity contribution in [3.63, 3.8) is 0 Å². The van der Waals surface area contributed by atoms with Crippen molar-refractivity contribution in [1.29, 1.82) is 0 Å². The van der Waals surface area contributed by atoms with Crippen molar-refractivity contribution >= 4 is 35.6 Å². The summed E-state index contributed by atoms with van der Waals surface area (Å²) in [4.78, 5) is 21.7. The van der Waals surface area contributed by atoms with Gasteiger partial charge in [0.15, 0.2) is 0 Å². The van der Waals surface area contributed by atoms with Crippen LogP contribution in [-0.2, 0) is 0 Å². The van der Waals surface area contributed by atoms with Gasteiger partial charge < -0.3 is 14.7 Å². The predicted molar refractivity (Wildman–Crippen MR) is 34.3 cm³/mol. The highest BCUT2D eigenvalue weighted by Crippen LogP contribution is 2.11. The predicted octanol–water partition coefficient (Wildman–Crippen LogP) is -0.584. The Hall–Kier alpha value is 1.01. The summed E-state index contributed by atoms with van der Waals surface area (Å²) in [6, 6.07) is 0. The van der Waals surface area contributed by atoms with E-state index in [1.165, 1.54) is 0 Å². The molecule has 0 radical (unpaired) electrons. The first-order valence-electron chi connectivity index (χ1n) is 0.600. The molecule has 0 aromatic heterocycles. The van der Waals surface area contributed by atoms with Gasteiger partial charge in [0.25, 0.3) is 0 Å². The summed E-state index contributed by atoms with van der Waals surface area (Å²) >= 11 is 0. The van der Waals surface area contributed by atoms with E-state index in [9.17, 15) is 0 Å². The van der Waals surface area contributed by atoms with Crippen LogP contribution in [0.15, 0.2) is 0 Å². The third-order valence-corrected chi connectivity index (χ3v) is 0. The van der Waals surface area contributed by atoms with E-state index in [0.717, 1.165) is 0 Å². The third kappa shape index (κ3) is 79.0. The topological polar surface area (TPSA) is 60.7 Å². The zero-order chi connectivity index (χ0) is 3.58. The highest BCUT2D eigenvalue weighted by Gasteiger charge is 1.76. The Morgan fingerprint density at radius 1 is 0.833 bits per heavy atom.